The molecule has 0 aromatic carbocycles. The van der Waals surface area contributed by atoms with Gasteiger partial charge in [-0.3, -0.25) is 37.3 Å². The summed E-state index contributed by atoms with van der Waals surface area (Å²) in [5.74, 6) is -1.85. The number of carbonyl (C=O) groups is 6. The van der Waals surface area contributed by atoms with E-state index in [1.54, 1.807) is 41.5 Å². The Balaban J connectivity index is 4.27. The van der Waals surface area contributed by atoms with Crippen molar-refractivity contribution < 1.29 is 94.2 Å². The van der Waals surface area contributed by atoms with Gasteiger partial charge >= 0.3 is 51.7 Å². The largest absolute Gasteiger partial charge is 0.472 e. The van der Waals surface area contributed by atoms with Crippen LogP contribution in [0, 0.1) is 0 Å². The maximum atomic E-state index is 12.9. The van der Waals surface area contributed by atoms with Crippen LogP contribution in [0.3, 0.4) is 0 Å². The molecule has 4 N–H and O–H groups in total. The van der Waals surface area contributed by atoms with E-state index < -0.39 is 88.3 Å². The number of alkyl carbamates (subject to hydrolysis) is 2. The van der Waals surface area contributed by atoms with Crippen molar-refractivity contribution in [1.29, 1.82) is 0 Å². The zero-order chi connectivity index (χ0) is 75.5. The molecule has 0 spiro atoms. The Morgan fingerprint density at radius 2 is 0.510 bits per heavy atom. The molecule has 0 saturated carbocycles. The molecule has 0 saturated heterocycles. The molecule has 0 aromatic heterocycles. The lowest BCUT2D eigenvalue weighted by atomic mass is 10.0. The van der Waals surface area contributed by atoms with Crippen molar-refractivity contribution in [2.24, 2.45) is 0 Å². The molecule has 0 bridgehead atoms. The predicted octanol–water partition coefficient (Wildman–Crippen LogP) is 21.5. The van der Waals surface area contributed by atoms with Crippen LogP contribution in [0.15, 0.2) is 0 Å². The van der Waals surface area contributed by atoms with Gasteiger partial charge in [-0.05, 0) is 67.2 Å². The number of amides is 2. The first kappa shape index (κ1) is 98.6. The van der Waals surface area contributed by atoms with E-state index in [4.69, 9.17) is 46.5 Å². The number of ether oxygens (including phenoxy) is 6. The standard InChI is InChI=1S/C78H150N2O20P2/c1-9-11-13-15-17-19-37-41-45-49-53-57-71(81)91-65-69(67-95-101(87,88)93-63-61-79-75(85)99-77(3,4)5)97-73(83)59-55-51-47-43-39-35-33-31-29-27-25-23-21-22-24-26-28-30-32-34-36-40-44-48-52-56-60-74(84)98-70(68-96-102(89,90)94-64-62-80-76(86)100-78(6,7)8)66-92-72(82)58-54-50-46-42-38-20-18-16-14-12-10-2/h69-70H,9-68H2,1-8H3,(H,79,85)(H,80,86)(H,87,88)(H,89,90)/t69-,70-/m0/s1. The van der Waals surface area contributed by atoms with Gasteiger partial charge in [0.05, 0.1) is 26.4 Å². The monoisotopic (exact) mass is 1500 g/mol. The highest BCUT2D eigenvalue weighted by atomic mass is 31.2. The molecule has 0 radical (unpaired) electrons. The summed E-state index contributed by atoms with van der Waals surface area (Å²) >= 11 is 0. The number of phosphoric acid groups is 2. The van der Waals surface area contributed by atoms with Gasteiger partial charge in [0, 0.05) is 38.8 Å². The number of esters is 4. The van der Waals surface area contributed by atoms with E-state index >= 15 is 0 Å². The highest BCUT2D eigenvalue weighted by Gasteiger charge is 2.29. The minimum atomic E-state index is -4.60. The van der Waals surface area contributed by atoms with Gasteiger partial charge in [-0.15, -0.1) is 0 Å². The van der Waals surface area contributed by atoms with E-state index in [2.05, 4.69) is 24.5 Å². The van der Waals surface area contributed by atoms with Gasteiger partial charge in [0.1, 0.15) is 24.4 Å². The minimum Gasteiger partial charge on any atom is -0.462 e. The molecular formula is C78H150N2O20P2. The van der Waals surface area contributed by atoms with Crippen LogP contribution in [0.2, 0.25) is 0 Å². The number of unbranched alkanes of at least 4 members (excludes halogenated alkanes) is 45. The molecule has 602 valence electrons. The molecule has 0 rings (SSSR count). The minimum absolute atomic E-state index is 0.106. The Labute approximate surface area is 619 Å². The van der Waals surface area contributed by atoms with Crippen molar-refractivity contribution in [1.82, 2.24) is 10.6 Å². The molecule has 22 nitrogen and oxygen atoms in total. The van der Waals surface area contributed by atoms with Gasteiger partial charge in [-0.25, -0.2) is 18.7 Å². The number of rotatable bonds is 73. The van der Waals surface area contributed by atoms with E-state index in [1.807, 2.05) is 0 Å². The highest BCUT2D eigenvalue weighted by Crippen LogP contribution is 2.44. The zero-order valence-electron chi connectivity index (χ0n) is 65.7. The number of nitrogens with one attached hydrogen (secondary N) is 2. The first-order chi connectivity index (χ1) is 48.8. The molecule has 0 aliphatic rings. The second-order valence-corrected chi connectivity index (χ2v) is 32.8. The third-order valence-electron chi connectivity index (χ3n) is 17.3. The summed E-state index contributed by atoms with van der Waals surface area (Å²) in [4.78, 5) is 95.4. The van der Waals surface area contributed by atoms with Crippen LogP contribution in [0.5, 0.6) is 0 Å². The molecule has 0 heterocycles. The normalized spacial score (nSPS) is 13.5. The average molecular weight is 1500 g/mol. The third-order valence-corrected chi connectivity index (χ3v) is 19.3. The van der Waals surface area contributed by atoms with E-state index in [9.17, 15) is 47.7 Å². The van der Waals surface area contributed by atoms with Gasteiger partial charge in [-0.2, -0.15) is 0 Å². The van der Waals surface area contributed by atoms with Crippen molar-refractivity contribution in [3.8, 4) is 0 Å². The Bertz CT molecular complexity index is 2000. The van der Waals surface area contributed by atoms with Crippen LogP contribution in [0.1, 0.15) is 389 Å². The quantitative estimate of drug-likeness (QED) is 0.0190. The van der Waals surface area contributed by atoms with E-state index in [1.165, 1.54) is 205 Å². The van der Waals surface area contributed by atoms with Crippen molar-refractivity contribution in [2.75, 3.05) is 52.7 Å². The Hall–Kier alpha value is -3.36. The Morgan fingerprint density at radius 3 is 0.725 bits per heavy atom. The first-order valence-electron chi connectivity index (χ1n) is 40.7. The second kappa shape index (κ2) is 67.0. The Morgan fingerprint density at radius 1 is 0.304 bits per heavy atom. The van der Waals surface area contributed by atoms with Crippen molar-refractivity contribution >= 4 is 51.7 Å². The summed E-state index contributed by atoms with van der Waals surface area (Å²) in [7, 11) is -9.21. The number of carbonyl (C=O) groups excluding carboxylic acids is 6. The van der Waals surface area contributed by atoms with Gasteiger partial charge in [-0.1, -0.05) is 296 Å². The van der Waals surface area contributed by atoms with Crippen LogP contribution >= 0.6 is 15.6 Å². The predicted molar refractivity (Wildman–Crippen MR) is 405 cm³/mol. The lowest BCUT2D eigenvalue weighted by molar-refractivity contribution is -0.161. The number of hydrogen-bond donors (Lipinski definition) is 4. The molecule has 24 heteroatoms. The van der Waals surface area contributed by atoms with Crippen molar-refractivity contribution in [3.63, 3.8) is 0 Å². The fourth-order valence-electron chi connectivity index (χ4n) is 11.6. The smallest absolute Gasteiger partial charge is 0.462 e. The van der Waals surface area contributed by atoms with Crippen LogP contribution in [0.25, 0.3) is 0 Å². The maximum Gasteiger partial charge on any atom is 0.472 e. The Kier molecular flexibility index (Phi) is 64.8. The van der Waals surface area contributed by atoms with Crippen LogP contribution < -0.4 is 10.6 Å². The fraction of sp³-hybridized carbons (Fsp3) is 0.923. The third kappa shape index (κ3) is 73.5. The lowest BCUT2D eigenvalue weighted by Crippen LogP contribution is -2.34. The summed E-state index contributed by atoms with van der Waals surface area (Å²) in [6.45, 7) is 12.2. The summed E-state index contributed by atoms with van der Waals surface area (Å²) in [5.41, 5.74) is -1.41. The van der Waals surface area contributed by atoms with Gasteiger partial charge in [0.2, 0.25) is 0 Å². The summed E-state index contributed by atoms with van der Waals surface area (Å²) < 4.78 is 77.9. The van der Waals surface area contributed by atoms with E-state index in [0.29, 0.717) is 25.7 Å². The maximum absolute atomic E-state index is 12.9. The van der Waals surface area contributed by atoms with Crippen LogP contribution in [0.4, 0.5) is 9.59 Å². The SMILES string of the molecule is CCCCCCCCCCCCCC(=O)OC[C@@H](COP(=O)(O)OCCNC(=O)OC(C)(C)C)OC(=O)CCCCCCCCCCCCCCCCCCCCCCCCCCCCC(=O)O[C@@H](COC(=O)CCCCCCCCCCCCC)COP(=O)(O)OCCNC(=O)OC(C)(C)C. The van der Waals surface area contributed by atoms with Gasteiger partial charge in [0.25, 0.3) is 0 Å². The van der Waals surface area contributed by atoms with E-state index in [0.717, 1.165) is 77.0 Å². The molecule has 102 heavy (non-hydrogen) atoms. The molecule has 2 unspecified atom stereocenters. The highest BCUT2D eigenvalue weighted by molar-refractivity contribution is 7.47. The van der Waals surface area contributed by atoms with Crippen LogP contribution in [-0.2, 0) is 74.8 Å². The fourth-order valence-corrected chi connectivity index (χ4v) is 13.1. The molecule has 0 fully saturated rings. The molecule has 0 aliphatic heterocycles. The molecule has 0 aromatic rings. The molecule has 4 atom stereocenters. The molecule has 2 amide bonds. The van der Waals surface area contributed by atoms with Crippen molar-refractivity contribution in [3.05, 3.63) is 0 Å². The van der Waals surface area contributed by atoms with Gasteiger partial charge in [0.15, 0.2) is 12.2 Å². The first-order valence-corrected chi connectivity index (χ1v) is 43.7. The van der Waals surface area contributed by atoms with Crippen molar-refractivity contribution in [2.45, 2.75) is 413 Å². The summed E-state index contributed by atoms with van der Waals surface area (Å²) in [6.07, 6.45) is 52.9. The lowest BCUT2D eigenvalue weighted by Gasteiger charge is -2.21. The average Bonchev–Trinajstić information content (AvgIpc) is 1.10. The molecular weight excluding hydrogens is 1350 g/mol. The summed E-state index contributed by atoms with van der Waals surface area (Å²) in [5, 5.41) is 4.88. The topological polar surface area (TPSA) is 293 Å². The molecule has 0 aliphatic carbocycles. The second-order valence-electron chi connectivity index (χ2n) is 29.9. The van der Waals surface area contributed by atoms with Crippen LogP contribution in [-0.4, -0.2) is 122 Å². The van der Waals surface area contributed by atoms with E-state index in [-0.39, 0.29) is 65.2 Å². The number of hydrogen-bond acceptors (Lipinski definition) is 18. The summed E-state index contributed by atoms with van der Waals surface area (Å²) in [6, 6.07) is 0. The zero-order valence-corrected chi connectivity index (χ0v) is 67.5. The number of phosphoric ester groups is 2. The van der Waals surface area contributed by atoms with Gasteiger partial charge < -0.3 is 48.8 Å².